The van der Waals surface area contributed by atoms with Crippen molar-refractivity contribution < 1.29 is 18.8 Å². The van der Waals surface area contributed by atoms with Crippen molar-refractivity contribution >= 4 is 5.97 Å². The maximum atomic E-state index is 13.3. The molecule has 82 valence electrons. The van der Waals surface area contributed by atoms with Crippen LogP contribution in [0.5, 0.6) is 0 Å². The molecule has 0 atom stereocenters. The molecule has 2 aromatic rings. The first kappa shape index (κ1) is 10.4. The molecular formula is C11H8FNO3. The van der Waals surface area contributed by atoms with Gasteiger partial charge in [0.25, 0.3) is 0 Å². The summed E-state index contributed by atoms with van der Waals surface area (Å²) in [6, 6.07) is 7.52. The SMILES string of the molecule is O=C(O)Cc1cc(-c2ccccc2F)no1. The number of carboxylic acids is 1. The first-order valence-corrected chi connectivity index (χ1v) is 4.59. The lowest BCUT2D eigenvalue weighted by Gasteiger charge is -1.95. The molecule has 0 unspecified atom stereocenters. The fourth-order valence-electron chi connectivity index (χ4n) is 1.34. The minimum atomic E-state index is -1.02. The van der Waals surface area contributed by atoms with Crippen LogP contribution in [0.4, 0.5) is 4.39 Å². The first-order chi connectivity index (χ1) is 7.66. The zero-order chi connectivity index (χ0) is 11.5. The smallest absolute Gasteiger partial charge is 0.311 e. The topological polar surface area (TPSA) is 63.3 Å². The van der Waals surface area contributed by atoms with Gasteiger partial charge in [0, 0.05) is 11.6 Å². The zero-order valence-corrected chi connectivity index (χ0v) is 8.18. The summed E-state index contributed by atoms with van der Waals surface area (Å²) in [6.07, 6.45) is -0.262. The minimum Gasteiger partial charge on any atom is -0.481 e. The van der Waals surface area contributed by atoms with Gasteiger partial charge in [-0.3, -0.25) is 4.79 Å². The van der Waals surface area contributed by atoms with Crippen LogP contribution in [0.2, 0.25) is 0 Å². The quantitative estimate of drug-likeness (QED) is 0.862. The number of hydrogen-bond acceptors (Lipinski definition) is 3. The van der Waals surface area contributed by atoms with Crippen LogP contribution in [0.1, 0.15) is 5.76 Å². The van der Waals surface area contributed by atoms with E-state index in [1.54, 1.807) is 18.2 Å². The van der Waals surface area contributed by atoms with Crippen LogP contribution < -0.4 is 0 Å². The van der Waals surface area contributed by atoms with Crippen LogP contribution in [-0.2, 0) is 11.2 Å². The third kappa shape index (κ3) is 2.08. The Balaban J connectivity index is 2.32. The first-order valence-electron chi connectivity index (χ1n) is 4.59. The predicted octanol–water partition coefficient (Wildman–Crippen LogP) is 2.11. The van der Waals surface area contributed by atoms with E-state index in [0.717, 1.165) is 0 Å². The molecule has 16 heavy (non-hydrogen) atoms. The fraction of sp³-hybridized carbons (Fsp3) is 0.0909. The fourth-order valence-corrected chi connectivity index (χ4v) is 1.34. The van der Waals surface area contributed by atoms with E-state index in [0.29, 0.717) is 11.3 Å². The Bertz CT molecular complexity index is 521. The normalized spacial score (nSPS) is 10.3. The van der Waals surface area contributed by atoms with Crippen molar-refractivity contribution in [3.8, 4) is 11.3 Å². The summed E-state index contributed by atoms with van der Waals surface area (Å²) in [4.78, 5) is 10.4. The number of halogens is 1. The highest BCUT2D eigenvalue weighted by molar-refractivity contribution is 5.70. The molecule has 0 aliphatic heterocycles. The molecule has 1 aromatic heterocycles. The zero-order valence-electron chi connectivity index (χ0n) is 8.18. The van der Waals surface area contributed by atoms with Gasteiger partial charge in [-0.2, -0.15) is 0 Å². The lowest BCUT2D eigenvalue weighted by atomic mass is 10.1. The van der Waals surface area contributed by atoms with Gasteiger partial charge in [0.1, 0.15) is 23.7 Å². The second-order valence-corrected chi connectivity index (χ2v) is 3.23. The summed E-state index contributed by atoms with van der Waals surface area (Å²) in [5.74, 6) is -1.24. The van der Waals surface area contributed by atoms with Crippen LogP contribution in [0, 0.1) is 5.82 Å². The van der Waals surface area contributed by atoms with Gasteiger partial charge in [-0.25, -0.2) is 4.39 Å². The Morgan fingerprint density at radius 3 is 2.88 bits per heavy atom. The van der Waals surface area contributed by atoms with Crippen molar-refractivity contribution in [2.24, 2.45) is 0 Å². The van der Waals surface area contributed by atoms with Crippen molar-refractivity contribution in [2.45, 2.75) is 6.42 Å². The summed E-state index contributed by atoms with van der Waals surface area (Å²) >= 11 is 0. The van der Waals surface area contributed by atoms with E-state index >= 15 is 0 Å². The van der Waals surface area contributed by atoms with Crippen molar-refractivity contribution in [3.63, 3.8) is 0 Å². The molecule has 0 saturated carbocycles. The van der Waals surface area contributed by atoms with E-state index in [9.17, 15) is 9.18 Å². The number of nitrogens with zero attached hydrogens (tertiary/aromatic N) is 1. The van der Waals surface area contributed by atoms with E-state index < -0.39 is 11.8 Å². The second-order valence-electron chi connectivity index (χ2n) is 3.23. The van der Waals surface area contributed by atoms with Gasteiger partial charge in [-0.15, -0.1) is 0 Å². The summed E-state index contributed by atoms with van der Waals surface area (Å²) < 4.78 is 18.1. The van der Waals surface area contributed by atoms with Crippen LogP contribution in [-0.4, -0.2) is 16.2 Å². The number of aromatic nitrogens is 1. The Morgan fingerprint density at radius 1 is 1.44 bits per heavy atom. The molecule has 0 aliphatic carbocycles. The molecule has 2 rings (SSSR count). The molecular weight excluding hydrogens is 213 g/mol. The lowest BCUT2D eigenvalue weighted by Crippen LogP contribution is -1.97. The van der Waals surface area contributed by atoms with Gasteiger partial charge in [-0.05, 0) is 12.1 Å². The standard InChI is InChI=1S/C11H8FNO3/c12-9-4-2-1-3-8(9)10-5-7(16-13-10)6-11(14)15/h1-5H,6H2,(H,14,15). The highest BCUT2D eigenvalue weighted by Gasteiger charge is 2.12. The van der Waals surface area contributed by atoms with Crippen molar-refractivity contribution in [3.05, 3.63) is 41.9 Å². The molecule has 0 saturated heterocycles. The van der Waals surface area contributed by atoms with Crippen LogP contribution in [0.15, 0.2) is 34.9 Å². The third-order valence-electron chi connectivity index (χ3n) is 2.03. The summed E-state index contributed by atoms with van der Waals surface area (Å²) in [5, 5.41) is 12.2. The number of rotatable bonds is 3. The number of carboxylic acid groups (broad SMARTS) is 1. The maximum absolute atomic E-state index is 13.3. The summed E-state index contributed by atoms with van der Waals surface area (Å²) in [7, 11) is 0. The minimum absolute atomic E-state index is 0.200. The molecule has 1 N–H and O–H groups in total. The summed E-state index contributed by atoms with van der Waals surface area (Å²) in [5.41, 5.74) is 0.595. The molecule has 5 heteroatoms. The van der Waals surface area contributed by atoms with Crippen molar-refractivity contribution in [2.75, 3.05) is 0 Å². The van der Waals surface area contributed by atoms with Gasteiger partial charge in [0.2, 0.25) is 0 Å². The Hall–Kier alpha value is -2.17. The van der Waals surface area contributed by atoms with Gasteiger partial charge >= 0.3 is 5.97 Å². The molecule has 0 aliphatic rings. The van der Waals surface area contributed by atoms with Crippen LogP contribution in [0.25, 0.3) is 11.3 Å². The Morgan fingerprint density at radius 2 is 2.19 bits per heavy atom. The number of aliphatic carboxylic acids is 1. The van der Waals surface area contributed by atoms with Crippen molar-refractivity contribution in [1.82, 2.24) is 5.16 Å². The van der Waals surface area contributed by atoms with E-state index in [2.05, 4.69) is 5.16 Å². The van der Waals surface area contributed by atoms with Crippen LogP contribution in [0.3, 0.4) is 0 Å². The predicted molar refractivity (Wildman–Crippen MR) is 53.2 cm³/mol. The number of benzene rings is 1. The van der Waals surface area contributed by atoms with E-state index in [1.807, 2.05) is 0 Å². The largest absolute Gasteiger partial charge is 0.481 e. The van der Waals surface area contributed by atoms with E-state index in [4.69, 9.17) is 9.63 Å². The summed E-state index contributed by atoms with van der Waals surface area (Å²) in [6.45, 7) is 0. The highest BCUT2D eigenvalue weighted by atomic mass is 19.1. The lowest BCUT2D eigenvalue weighted by molar-refractivity contribution is -0.136. The molecule has 0 amide bonds. The van der Waals surface area contributed by atoms with Gasteiger partial charge in [0.15, 0.2) is 0 Å². The molecule has 0 fully saturated rings. The Labute approximate surface area is 90.3 Å². The third-order valence-corrected chi connectivity index (χ3v) is 2.03. The highest BCUT2D eigenvalue weighted by Crippen LogP contribution is 2.22. The monoisotopic (exact) mass is 221 g/mol. The second kappa shape index (κ2) is 4.14. The van der Waals surface area contributed by atoms with Gasteiger partial charge < -0.3 is 9.63 Å². The van der Waals surface area contributed by atoms with Crippen molar-refractivity contribution in [1.29, 1.82) is 0 Å². The molecule has 0 spiro atoms. The molecule has 1 heterocycles. The number of hydrogen-bond donors (Lipinski definition) is 1. The number of carbonyl (C=O) groups is 1. The molecule has 4 nitrogen and oxygen atoms in total. The van der Waals surface area contributed by atoms with Gasteiger partial charge in [0.05, 0.1) is 0 Å². The average Bonchev–Trinajstić information content (AvgIpc) is 2.66. The molecule has 1 aromatic carbocycles. The maximum Gasteiger partial charge on any atom is 0.311 e. The Kier molecular flexibility index (Phi) is 2.68. The van der Waals surface area contributed by atoms with Gasteiger partial charge in [-0.1, -0.05) is 17.3 Å². The molecule has 0 radical (unpaired) electrons. The van der Waals surface area contributed by atoms with E-state index in [1.165, 1.54) is 12.1 Å². The average molecular weight is 221 g/mol. The molecule has 0 bridgehead atoms. The van der Waals surface area contributed by atoms with Crippen LogP contribution >= 0.6 is 0 Å². The van der Waals surface area contributed by atoms with E-state index in [-0.39, 0.29) is 12.2 Å².